The van der Waals surface area contributed by atoms with E-state index in [-0.39, 0.29) is 60.6 Å². The summed E-state index contributed by atoms with van der Waals surface area (Å²) in [5, 5.41) is 41.3. The van der Waals surface area contributed by atoms with Gasteiger partial charge in [-0.3, -0.25) is 19.2 Å². The zero-order valence-corrected chi connectivity index (χ0v) is 43.9. The van der Waals surface area contributed by atoms with Crippen molar-refractivity contribution in [2.45, 2.75) is 142 Å². The number of aliphatic hydroxyl groups excluding tert-OH is 1. The fraction of sp³-hybridized carbons (Fsp3) is 0.482. The third-order valence-corrected chi connectivity index (χ3v) is 14.2. The van der Waals surface area contributed by atoms with Crippen molar-refractivity contribution in [3.63, 3.8) is 0 Å². The Morgan fingerprint density at radius 1 is 0.849 bits per heavy atom. The molecular formula is C56H75N9O7S. The van der Waals surface area contributed by atoms with Crippen LogP contribution in [0.2, 0.25) is 0 Å². The standard InChI is InChI=1S/C56H75N9O7S/c1-37(41-23-25-42(26-24-41)51-38(2)60-36-73-51)61-54(70)46-32-43(66)35-65(46)55(71)52(56(3,4)5)62-50(69)27-30-58-29-15-11-9-7-6-8-10-12-18-49(68)59-34-40-21-19-39(20-22-40)28-31-72-48-33-45(63-64-53(48)57)44-16-13-14-17-47(44)67/h13-14,16-17,19-26,33,36-37,43,46,52,58,66-67H,6-12,15,18,27-32,34-35H2,1-5H3,(H2,57,64)(H,59,68)(H,61,70)(H,62,69)/t37-,43+,46-,52+/m0/s1. The molecule has 392 valence electrons. The lowest BCUT2D eigenvalue weighted by atomic mass is 9.85. The molecule has 0 aliphatic carbocycles. The van der Waals surface area contributed by atoms with E-state index in [0.29, 0.717) is 49.5 Å². The van der Waals surface area contributed by atoms with Crippen LogP contribution in [-0.2, 0) is 32.1 Å². The molecule has 4 atom stereocenters. The zero-order chi connectivity index (χ0) is 52.3. The van der Waals surface area contributed by atoms with Gasteiger partial charge in [-0.2, -0.15) is 0 Å². The first-order chi connectivity index (χ1) is 35.1. The Bertz CT molecular complexity index is 2570. The number of hydrogen-bond acceptors (Lipinski definition) is 13. The predicted octanol–water partition coefficient (Wildman–Crippen LogP) is 7.96. The van der Waals surface area contributed by atoms with Crippen LogP contribution >= 0.6 is 11.3 Å². The van der Waals surface area contributed by atoms with Crippen LogP contribution < -0.4 is 31.7 Å². The molecule has 1 aliphatic rings. The molecule has 1 saturated heterocycles. The van der Waals surface area contributed by atoms with Crippen molar-refractivity contribution in [1.82, 2.24) is 41.3 Å². The number of nitrogen functional groups attached to an aromatic ring is 1. The van der Waals surface area contributed by atoms with Gasteiger partial charge in [-0.1, -0.05) is 120 Å². The van der Waals surface area contributed by atoms with Gasteiger partial charge in [0.05, 0.1) is 34.8 Å². The van der Waals surface area contributed by atoms with E-state index in [1.165, 1.54) is 4.90 Å². The molecule has 8 N–H and O–H groups in total. The molecule has 0 saturated carbocycles. The number of carbonyl (C=O) groups is 4. The van der Waals surface area contributed by atoms with E-state index in [2.05, 4.69) is 36.4 Å². The minimum Gasteiger partial charge on any atom is -0.507 e. The monoisotopic (exact) mass is 1020 g/mol. The maximum absolute atomic E-state index is 14.1. The summed E-state index contributed by atoms with van der Waals surface area (Å²) in [7, 11) is 0. The van der Waals surface area contributed by atoms with Gasteiger partial charge in [0.15, 0.2) is 11.6 Å². The number of para-hydroxylation sites is 1. The summed E-state index contributed by atoms with van der Waals surface area (Å²) >= 11 is 1.58. The van der Waals surface area contributed by atoms with Gasteiger partial charge >= 0.3 is 0 Å². The average molecular weight is 1020 g/mol. The molecule has 0 bridgehead atoms. The van der Waals surface area contributed by atoms with Crippen molar-refractivity contribution in [2.24, 2.45) is 5.41 Å². The molecule has 6 rings (SSSR count). The Labute approximate surface area is 434 Å². The molecule has 1 fully saturated rings. The van der Waals surface area contributed by atoms with Gasteiger partial charge in [0.25, 0.3) is 0 Å². The number of ether oxygens (including phenoxy) is 1. The molecule has 4 amide bonds. The number of nitrogens with one attached hydrogen (secondary N) is 4. The topological polar surface area (TPSA) is 234 Å². The molecule has 17 heteroatoms. The molecule has 2 aromatic heterocycles. The number of nitrogens with two attached hydrogens (primary N) is 1. The molecule has 0 spiro atoms. The second-order valence-electron chi connectivity index (χ2n) is 20.1. The fourth-order valence-corrected chi connectivity index (χ4v) is 9.70. The number of aliphatic hydroxyl groups is 1. The molecule has 16 nitrogen and oxygen atoms in total. The first kappa shape index (κ1) is 55.9. The second kappa shape index (κ2) is 27.6. The highest BCUT2D eigenvalue weighted by molar-refractivity contribution is 7.13. The number of rotatable bonds is 27. The number of β-amino-alcohol motifs (C(OH)–C–C–N with tert-alkyl or cyclic N) is 1. The highest BCUT2D eigenvalue weighted by Gasteiger charge is 2.44. The normalized spacial score (nSPS) is 15.4. The number of aryl methyl sites for hydroxylation is 1. The summed E-state index contributed by atoms with van der Waals surface area (Å²) in [6, 6.07) is 22.6. The average Bonchev–Trinajstić information content (AvgIpc) is 3.99. The largest absolute Gasteiger partial charge is 0.507 e. The molecule has 3 aromatic carbocycles. The Morgan fingerprint density at radius 2 is 1.53 bits per heavy atom. The van der Waals surface area contributed by atoms with Crippen LogP contribution in [0.4, 0.5) is 5.82 Å². The third-order valence-electron chi connectivity index (χ3n) is 13.2. The summed E-state index contributed by atoms with van der Waals surface area (Å²) in [5.41, 5.74) is 13.3. The number of aromatic nitrogens is 3. The zero-order valence-electron chi connectivity index (χ0n) is 43.1. The first-order valence-electron chi connectivity index (χ1n) is 25.8. The number of nitrogens with zero attached hydrogens (tertiary/aromatic N) is 4. The van der Waals surface area contributed by atoms with Crippen LogP contribution in [0.3, 0.4) is 0 Å². The van der Waals surface area contributed by atoms with E-state index in [0.717, 1.165) is 90.7 Å². The summed E-state index contributed by atoms with van der Waals surface area (Å²) in [6.07, 6.45) is 9.14. The minimum atomic E-state index is -0.874. The van der Waals surface area contributed by atoms with Gasteiger partial charge in [0.1, 0.15) is 23.5 Å². The SMILES string of the molecule is Cc1ncsc1-c1ccc([C@H](C)NC(=O)[C@@H]2C[C@@H](O)CN2C(=O)[C@@H](NC(=O)CCNCCCCCCCCCCC(=O)NCc2ccc(CCOc3cc(-c4ccccc4O)nnc3N)cc2)C(C)(C)C)cc1. The van der Waals surface area contributed by atoms with E-state index in [4.69, 9.17) is 10.5 Å². The maximum atomic E-state index is 14.1. The minimum absolute atomic E-state index is 0.0204. The third kappa shape index (κ3) is 17.1. The van der Waals surface area contributed by atoms with Gasteiger partial charge in [-0.15, -0.1) is 21.5 Å². The molecule has 0 unspecified atom stereocenters. The van der Waals surface area contributed by atoms with Crippen LogP contribution in [0.1, 0.15) is 127 Å². The Balaban J connectivity index is 0.777. The Morgan fingerprint density at radius 3 is 2.22 bits per heavy atom. The molecule has 73 heavy (non-hydrogen) atoms. The number of hydrogen-bond donors (Lipinski definition) is 7. The van der Waals surface area contributed by atoms with Crippen molar-refractivity contribution in [2.75, 3.05) is 32.0 Å². The number of carbonyl (C=O) groups excluding carboxylic acids is 4. The highest BCUT2D eigenvalue weighted by Crippen LogP contribution is 2.32. The number of phenols is 1. The number of aromatic hydroxyl groups is 1. The Kier molecular flexibility index (Phi) is 21.1. The summed E-state index contributed by atoms with van der Waals surface area (Å²) in [5.74, 6) is -0.218. The first-order valence-corrected chi connectivity index (χ1v) is 26.6. The smallest absolute Gasteiger partial charge is 0.246 e. The second-order valence-corrected chi connectivity index (χ2v) is 21.0. The van der Waals surface area contributed by atoms with E-state index in [1.54, 1.807) is 35.6 Å². The number of likely N-dealkylation sites (tertiary alicyclic amines) is 1. The van der Waals surface area contributed by atoms with E-state index >= 15 is 0 Å². The predicted molar refractivity (Wildman–Crippen MR) is 286 cm³/mol. The lowest BCUT2D eigenvalue weighted by molar-refractivity contribution is -0.144. The van der Waals surface area contributed by atoms with Crippen molar-refractivity contribution >= 4 is 40.8 Å². The van der Waals surface area contributed by atoms with Crippen LogP contribution in [0.5, 0.6) is 11.5 Å². The van der Waals surface area contributed by atoms with Crippen molar-refractivity contribution < 1.29 is 34.1 Å². The van der Waals surface area contributed by atoms with Gasteiger partial charge in [0, 0.05) is 56.9 Å². The molecule has 1 aliphatic heterocycles. The van der Waals surface area contributed by atoms with Gasteiger partial charge < -0.3 is 46.9 Å². The number of amides is 4. The van der Waals surface area contributed by atoms with E-state index in [1.807, 2.05) is 94.7 Å². The van der Waals surface area contributed by atoms with Crippen LogP contribution in [0.25, 0.3) is 21.7 Å². The number of thiazole rings is 1. The van der Waals surface area contributed by atoms with Crippen molar-refractivity contribution in [1.29, 1.82) is 0 Å². The summed E-state index contributed by atoms with van der Waals surface area (Å²) < 4.78 is 5.91. The summed E-state index contributed by atoms with van der Waals surface area (Å²) in [6.45, 7) is 11.7. The van der Waals surface area contributed by atoms with Crippen LogP contribution in [0, 0.1) is 12.3 Å². The van der Waals surface area contributed by atoms with Gasteiger partial charge in [-0.05, 0) is 73.0 Å². The Hall–Kier alpha value is -6.43. The number of phenolic OH excluding ortho intramolecular Hbond substituents is 1. The molecule has 0 radical (unpaired) electrons. The van der Waals surface area contributed by atoms with Crippen LogP contribution in [-0.4, -0.2) is 98.4 Å². The maximum Gasteiger partial charge on any atom is 0.246 e. The quantitative estimate of drug-likeness (QED) is 0.0248. The van der Waals surface area contributed by atoms with E-state index < -0.39 is 23.6 Å². The van der Waals surface area contributed by atoms with Gasteiger partial charge in [0.2, 0.25) is 23.6 Å². The lowest BCUT2D eigenvalue weighted by Crippen LogP contribution is -2.58. The number of anilines is 1. The molecular weight excluding hydrogens is 943 g/mol. The lowest BCUT2D eigenvalue weighted by Gasteiger charge is -2.35. The number of unbranched alkanes of at least 4 members (excludes halogenated alkanes) is 7. The molecule has 5 aromatic rings. The molecule has 3 heterocycles. The van der Waals surface area contributed by atoms with Gasteiger partial charge in [-0.25, -0.2) is 4.98 Å². The highest BCUT2D eigenvalue weighted by atomic mass is 32.1. The van der Waals surface area contributed by atoms with Crippen LogP contribution in [0.15, 0.2) is 84.4 Å². The van der Waals surface area contributed by atoms with E-state index in [9.17, 15) is 29.4 Å². The fourth-order valence-electron chi connectivity index (χ4n) is 8.88. The number of benzene rings is 3. The van der Waals surface area contributed by atoms with Crippen molar-refractivity contribution in [3.05, 3.63) is 107 Å². The van der Waals surface area contributed by atoms with Crippen molar-refractivity contribution in [3.8, 4) is 33.2 Å². The summed E-state index contributed by atoms with van der Waals surface area (Å²) in [4.78, 5) is 60.2.